The number of imidazole rings is 1. The Morgan fingerprint density at radius 2 is 1.88 bits per heavy atom. The number of aryl methyl sites for hydroxylation is 1. The predicted octanol–water partition coefficient (Wildman–Crippen LogP) is 3.05. The van der Waals surface area contributed by atoms with Crippen molar-refractivity contribution in [2.45, 2.75) is 32.7 Å². The van der Waals surface area contributed by atoms with Crippen LogP contribution in [0.5, 0.6) is 0 Å². The average molecular weight is 229 g/mol. The number of benzene rings is 1. The molecule has 1 fully saturated rings. The highest BCUT2D eigenvalue weighted by molar-refractivity contribution is 5.78. The second kappa shape index (κ2) is 4.40. The smallest absolute Gasteiger partial charge is 0.206 e. The first-order valence-corrected chi connectivity index (χ1v) is 6.60. The van der Waals surface area contributed by atoms with Crippen molar-refractivity contribution >= 4 is 17.0 Å². The summed E-state index contributed by atoms with van der Waals surface area (Å²) in [6, 6.07) is 8.43. The summed E-state index contributed by atoms with van der Waals surface area (Å²) in [5.74, 6) is 1.16. The number of piperidine rings is 1. The van der Waals surface area contributed by atoms with Crippen LogP contribution in [0.25, 0.3) is 11.0 Å². The molecule has 1 saturated heterocycles. The number of aromatic nitrogens is 2. The number of para-hydroxylation sites is 2. The van der Waals surface area contributed by atoms with E-state index in [1.54, 1.807) is 0 Å². The van der Waals surface area contributed by atoms with Gasteiger partial charge in [0.25, 0.3) is 0 Å². The molecule has 17 heavy (non-hydrogen) atoms. The van der Waals surface area contributed by atoms with Crippen LogP contribution in [0.3, 0.4) is 0 Å². The van der Waals surface area contributed by atoms with Gasteiger partial charge in [0.1, 0.15) is 0 Å². The molecule has 0 spiro atoms. The Morgan fingerprint density at radius 3 is 2.65 bits per heavy atom. The van der Waals surface area contributed by atoms with Gasteiger partial charge in [-0.1, -0.05) is 12.1 Å². The summed E-state index contributed by atoms with van der Waals surface area (Å²) >= 11 is 0. The first-order chi connectivity index (χ1) is 8.40. The van der Waals surface area contributed by atoms with Crippen LogP contribution in [0.1, 0.15) is 26.2 Å². The molecule has 3 nitrogen and oxygen atoms in total. The van der Waals surface area contributed by atoms with Crippen LogP contribution >= 0.6 is 0 Å². The Hall–Kier alpha value is -1.51. The lowest BCUT2D eigenvalue weighted by molar-refractivity contribution is 0.558. The Labute approximate surface area is 102 Å². The third-order valence-electron chi connectivity index (χ3n) is 3.59. The lowest BCUT2D eigenvalue weighted by Gasteiger charge is -2.28. The minimum atomic E-state index is 0.992. The first kappa shape index (κ1) is 10.6. The molecule has 1 aliphatic rings. The molecule has 0 unspecified atom stereocenters. The van der Waals surface area contributed by atoms with Gasteiger partial charge >= 0.3 is 0 Å². The van der Waals surface area contributed by atoms with Crippen LogP contribution in [0, 0.1) is 0 Å². The maximum Gasteiger partial charge on any atom is 0.206 e. The fraction of sp³-hybridized carbons (Fsp3) is 0.500. The van der Waals surface area contributed by atoms with Crippen molar-refractivity contribution in [3.8, 4) is 0 Å². The van der Waals surface area contributed by atoms with Crippen molar-refractivity contribution in [1.82, 2.24) is 9.55 Å². The largest absolute Gasteiger partial charge is 0.342 e. The molecule has 0 saturated carbocycles. The van der Waals surface area contributed by atoms with E-state index in [2.05, 4.69) is 40.7 Å². The fourth-order valence-electron chi connectivity index (χ4n) is 2.71. The van der Waals surface area contributed by atoms with Crippen LogP contribution in [-0.2, 0) is 6.54 Å². The molecule has 2 heterocycles. The number of anilines is 1. The Kier molecular flexibility index (Phi) is 2.75. The second-order valence-corrected chi connectivity index (χ2v) is 4.69. The molecular formula is C14H19N3. The van der Waals surface area contributed by atoms with Crippen molar-refractivity contribution in [3.05, 3.63) is 24.3 Å². The Bertz CT molecular complexity index is 509. The third kappa shape index (κ3) is 1.79. The summed E-state index contributed by atoms with van der Waals surface area (Å²) < 4.78 is 2.33. The van der Waals surface area contributed by atoms with Gasteiger partial charge in [0.2, 0.25) is 5.95 Å². The van der Waals surface area contributed by atoms with Crippen LogP contribution in [0.4, 0.5) is 5.95 Å². The number of fused-ring (bicyclic) bond motifs is 1. The van der Waals surface area contributed by atoms with Gasteiger partial charge in [0.15, 0.2) is 0 Å². The summed E-state index contributed by atoms with van der Waals surface area (Å²) in [6.45, 7) is 5.50. The van der Waals surface area contributed by atoms with Gasteiger partial charge in [-0.3, -0.25) is 0 Å². The maximum absolute atomic E-state index is 4.80. The monoisotopic (exact) mass is 229 g/mol. The summed E-state index contributed by atoms with van der Waals surface area (Å²) in [6.07, 6.45) is 3.96. The zero-order chi connectivity index (χ0) is 11.7. The summed E-state index contributed by atoms with van der Waals surface area (Å²) in [4.78, 5) is 7.23. The van der Waals surface area contributed by atoms with E-state index in [4.69, 9.17) is 4.98 Å². The molecule has 3 heteroatoms. The Morgan fingerprint density at radius 1 is 1.12 bits per heavy atom. The quantitative estimate of drug-likeness (QED) is 0.789. The van der Waals surface area contributed by atoms with E-state index in [9.17, 15) is 0 Å². The zero-order valence-corrected chi connectivity index (χ0v) is 10.4. The molecule has 3 rings (SSSR count). The van der Waals surface area contributed by atoms with E-state index in [0.717, 1.165) is 31.1 Å². The molecule has 0 radical (unpaired) electrons. The van der Waals surface area contributed by atoms with Gasteiger partial charge in [0.05, 0.1) is 11.0 Å². The molecular weight excluding hydrogens is 210 g/mol. The lowest BCUT2D eigenvalue weighted by atomic mass is 10.1. The molecule has 0 bridgehead atoms. The molecule has 2 aromatic rings. The standard InChI is InChI=1S/C14H19N3/c1-2-17-13-9-5-4-8-12(13)15-14(17)16-10-6-3-7-11-16/h4-5,8-9H,2-3,6-7,10-11H2,1H3. The van der Waals surface area contributed by atoms with Gasteiger partial charge in [-0.25, -0.2) is 4.98 Å². The number of rotatable bonds is 2. The molecule has 0 aliphatic carbocycles. The minimum absolute atomic E-state index is 0.992. The number of nitrogens with zero attached hydrogens (tertiary/aromatic N) is 3. The van der Waals surface area contributed by atoms with Crippen LogP contribution in [0.15, 0.2) is 24.3 Å². The van der Waals surface area contributed by atoms with Gasteiger partial charge in [-0.05, 0) is 38.3 Å². The maximum atomic E-state index is 4.80. The van der Waals surface area contributed by atoms with Gasteiger partial charge in [-0.2, -0.15) is 0 Å². The summed E-state index contributed by atoms with van der Waals surface area (Å²) in [5, 5.41) is 0. The highest BCUT2D eigenvalue weighted by atomic mass is 15.3. The second-order valence-electron chi connectivity index (χ2n) is 4.69. The highest BCUT2D eigenvalue weighted by Gasteiger charge is 2.17. The van der Waals surface area contributed by atoms with Gasteiger partial charge in [-0.15, -0.1) is 0 Å². The SMILES string of the molecule is CCn1c(N2CCCCC2)nc2ccccc21. The average Bonchev–Trinajstić information content (AvgIpc) is 2.78. The topological polar surface area (TPSA) is 21.1 Å². The van der Waals surface area contributed by atoms with E-state index < -0.39 is 0 Å². The zero-order valence-electron chi connectivity index (χ0n) is 10.4. The molecule has 0 atom stereocenters. The normalized spacial score (nSPS) is 16.6. The third-order valence-corrected chi connectivity index (χ3v) is 3.59. The van der Waals surface area contributed by atoms with Crippen molar-refractivity contribution in [2.24, 2.45) is 0 Å². The van der Waals surface area contributed by atoms with Crippen molar-refractivity contribution in [3.63, 3.8) is 0 Å². The Balaban J connectivity index is 2.08. The van der Waals surface area contributed by atoms with E-state index >= 15 is 0 Å². The van der Waals surface area contributed by atoms with Gasteiger partial charge < -0.3 is 9.47 Å². The van der Waals surface area contributed by atoms with Crippen LogP contribution < -0.4 is 4.90 Å². The fourth-order valence-corrected chi connectivity index (χ4v) is 2.71. The number of hydrogen-bond acceptors (Lipinski definition) is 2. The van der Waals surface area contributed by atoms with Crippen molar-refractivity contribution < 1.29 is 0 Å². The van der Waals surface area contributed by atoms with Crippen LogP contribution in [0.2, 0.25) is 0 Å². The van der Waals surface area contributed by atoms with E-state index in [1.165, 1.54) is 24.8 Å². The summed E-state index contributed by atoms with van der Waals surface area (Å²) in [7, 11) is 0. The van der Waals surface area contributed by atoms with Crippen molar-refractivity contribution in [2.75, 3.05) is 18.0 Å². The van der Waals surface area contributed by atoms with E-state index in [1.807, 2.05) is 0 Å². The van der Waals surface area contributed by atoms with Crippen molar-refractivity contribution in [1.29, 1.82) is 0 Å². The summed E-state index contributed by atoms with van der Waals surface area (Å²) in [5.41, 5.74) is 2.38. The number of hydrogen-bond donors (Lipinski definition) is 0. The molecule has 1 aromatic carbocycles. The molecule has 1 aliphatic heterocycles. The van der Waals surface area contributed by atoms with E-state index in [0.29, 0.717) is 0 Å². The molecule has 90 valence electrons. The predicted molar refractivity (Wildman–Crippen MR) is 71.5 cm³/mol. The van der Waals surface area contributed by atoms with Crippen LogP contribution in [-0.4, -0.2) is 22.6 Å². The minimum Gasteiger partial charge on any atom is -0.342 e. The molecule has 0 amide bonds. The molecule has 0 N–H and O–H groups in total. The van der Waals surface area contributed by atoms with E-state index in [-0.39, 0.29) is 0 Å². The highest BCUT2D eigenvalue weighted by Crippen LogP contribution is 2.24. The van der Waals surface area contributed by atoms with Gasteiger partial charge in [0, 0.05) is 19.6 Å². The molecule has 1 aromatic heterocycles. The first-order valence-electron chi connectivity index (χ1n) is 6.60. The lowest BCUT2D eigenvalue weighted by Crippen LogP contribution is -2.31.